The maximum atomic E-state index is 12.9. The van der Waals surface area contributed by atoms with Gasteiger partial charge in [0.2, 0.25) is 0 Å². The quantitative estimate of drug-likeness (QED) is 0.367. The van der Waals surface area contributed by atoms with E-state index in [9.17, 15) is 19.8 Å². The second kappa shape index (κ2) is 10.3. The molecule has 0 radical (unpaired) electrons. The van der Waals surface area contributed by atoms with Crippen LogP contribution in [0.25, 0.3) is 0 Å². The van der Waals surface area contributed by atoms with Gasteiger partial charge in [-0.1, -0.05) is 68.7 Å². The molecule has 4 heteroatoms. The Morgan fingerprint density at radius 2 is 1.32 bits per heavy atom. The van der Waals surface area contributed by atoms with Crippen LogP contribution in [-0.2, 0) is 9.59 Å². The van der Waals surface area contributed by atoms with Gasteiger partial charge in [0.15, 0.2) is 0 Å². The fraction of sp³-hybridized carbons (Fsp3) is 0.926. The maximum Gasteiger partial charge on any atom is 0.311 e. The number of carboxylic acids is 2. The first kappa shape index (κ1) is 28.0. The van der Waals surface area contributed by atoms with Gasteiger partial charge in [-0.05, 0) is 80.0 Å². The highest BCUT2D eigenvalue weighted by molar-refractivity contribution is 5.87. The minimum absolute atomic E-state index is 0.130. The van der Waals surface area contributed by atoms with Crippen molar-refractivity contribution in [3.05, 3.63) is 0 Å². The number of hydrogen-bond donors (Lipinski definition) is 2. The van der Waals surface area contributed by atoms with Crippen LogP contribution in [0.4, 0.5) is 0 Å². The Bertz CT molecular complexity index is 612. The highest BCUT2D eigenvalue weighted by Crippen LogP contribution is 2.60. The molecule has 0 heterocycles. The van der Waals surface area contributed by atoms with Gasteiger partial charge in [0.1, 0.15) is 0 Å². The second-order valence-electron chi connectivity index (χ2n) is 13.3. The van der Waals surface area contributed by atoms with Gasteiger partial charge >= 0.3 is 11.9 Å². The summed E-state index contributed by atoms with van der Waals surface area (Å²) in [5.41, 5.74) is -2.00. The second-order valence-corrected chi connectivity index (χ2v) is 13.3. The number of carboxylic acid groups (broad SMARTS) is 2. The lowest BCUT2D eigenvalue weighted by molar-refractivity contribution is -0.190. The molecule has 4 nitrogen and oxygen atoms in total. The summed E-state index contributed by atoms with van der Waals surface area (Å²) in [6, 6.07) is 0. The topological polar surface area (TPSA) is 74.6 Å². The first-order chi connectivity index (χ1) is 14.0. The van der Waals surface area contributed by atoms with Crippen molar-refractivity contribution in [3.63, 3.8) is 0 Å². The van der Waals surface area contributed by atoms with Crippen LogP contribution in [0, 0.1) is 39.4 Å². The van der Waals surface area contributed by atoms with Crippen LogP contribution in [0.5, 0.6) is 0 Å². The Morgan fingerprint density at radius 3 is 1.71 bits per heavy atom. The molecule has 0 saturated heterocycles. The molecular formula is C27H50O4. The van der Waals surface area contributed by atoms with Crippen molar-refractivity contribution in [2.45, 2.75) is 120 Å². The molecule has 1 aliphatic rings. The van der Waals surface area contributed by atoms with E-state index in [1.807, 2.05) is 6.92 Å². The van der Waals surface area contributed by atoms with E-state index in [1.165, 1.54) is 0 Å². The molecule has 182 valence electrons. The van der Waals surface area contributed by atoms with Crippen molar-refractivity contribution in [3.8, 4) is 0 Å². The number of hydrogen-bond acceptors (Lipinski definition) is 2. The maximum absolute atomic E-state index is 12.9. The molecule has 5 atom stereocenters. The van der Waals surface area contributed by atoms with E-state index in [-0.39, 0.29) is 16.7 Å². The summed E-state index contributed by atoms with van der Waals surface area (Å²) in [5.74, 6) is -1.17. The van der Waals surface area contributed by atoms with Crippen molar-refractivity contribution in [1.82, 2.24) is 0 Å². The Hall–Kier alpha value is -1.06. The third-order valence-electron chi connectivity index (χ3n) is 7.74. The third kappa shape index (κ3) is 6.96. The van der Waals surface area contributed by atoms with Gasteiger partial charge in [0.25, 0.3) is 0 Å². The van der Waals surface area contributed by atoms with Crippen LogP contribution in [0.1, 0.15) is 120 Å². The molecule has 0 aromatic carbocycles. The Morgan fingerprint density at radius 1 is 0.871 bits per heavy atom. The third-order valence-corrected chi connectivity index (χ3v) is 7.74. The van der Waals surface area contributed by atoms with Crippen molar-refractivity contribution in [2.75, 3.05) is 0 Å². The zero-order chi connectivity index (χ0) is 24.3. The van der Waals surface area contributed by atoms with E-state index >= 15 is 0 Å². The van der Waals surface area contributed by atoms with Gasteiger partial charge < -0.3 is 10.2 Å². The predicted molar refractivity (Wildman–Crippen MR) is 128 cm³/mol. The molecule has 0 aromatic rings. The van der Waals surface area contributed by atoms with Crippen molar-refractivity contribution in [1.29, 1.82) is 0 Å². The highest BCUT2D eigenvalue weighted by Gasteiger charge is 2.64. The summed E-state index contributed by atoms with van der Waals surface area (Å²) < 4.78 is 0. The lowest BCUT2D eigenvalue weighted by Gasteiger charge is -2.53. The van der Waals surface area contributed by atoms with Gasteiger partial charge in [0, 0.05) is 0 Å². The van der Waals surface area contributed by atoms with E-state index in [2.05, 4.69) is 55.4 Å². The van der Waals surface area contributed by atoms with Gasteiger partial charge in [-0.3, -0.25) is 9.59 Å². The van der Waals surface area contributed by atoms with E-state index in [0.717, 1.165) is 38.5 Å². The first-order valence-electron chi connectivity index (χ1n) is 12.4. The molecule has 5 unspecified atom stereocenters. The van der Waals surface area contributed by atoms with Crippen LogP contribution >= 0.6 is 0 Å². The number of aliphatic carboxylic acids is 2. The van der Waals surface area contributed by atoms with Crippen LogP contribution in [0.3, 0.4) is 0 Å². The fourth-order valence-corrected chi connectivity index (χ4v) is 6.67. The molecule has 1 rings (SSSR count). The molecule has 1 aliphatic carbocycles. The number of rotatable bonds is 10. The average Bonchev–Trinajstić information content (AvgIpc) is 2.55. The van der Waals surface area contributed by atoms with E-state index < -0.39 is 22.8 Å². The normalized spacial score (nSPS) is 29.4. The monoisotopic (exact) mass is 438 g/mol. The summed E-state index contributed by atoms with van der Waals surface area (Å²) in [6.07, 6.45) is 6.56. The minimum Gasteiger partial charge on any atom is -0.481 e. The zero-order valence-electron chi connectivity index (χ0n) is 21.8. The molecule has 1 saturated carbocycles. The van der Waals surface area contributed by atoms with Gasteiger partial charge in [-0.25, -0.2) is 0 Å². The predicted octanol–water partition coefficient (Wildman–Crippen LogP) is 7.65. The summed E-state index contributed by atoms with van der Waals surface area (Å²) in [5, 5.41) is 21.1. The van der Waals surface area contributed by atoms with Crippen molar-refractivity contribution >= 4 is 11.9 Å². The fourth-order valence-electron chi connectivity index (χ4n) is 6.67. The lowest BCUT2D eigenvalue weighted by Crippen LogP contribution is -2.58. The summed E-state index contributed by atoms with van der Waals surface area (Å²) in [6.45, 7) is 19.6. The average molecular weight is 439 g/mol. The smallest absolute Gasteiger partial charge is 0.311 e. The molecule has 31 heavy (non-hydrogen) atoms. The molecule has 2 N–H and O–H groups in total. The van der Waals surface area contributed by atoms with Gasteiger partial charge in [-0.15, -0.1) is 0 Å². The zero-order valence-corrected chi connectivity index (χ0v) is 21.8. The van der Waals surface area contributed by atoms with Crippen molar-refractivity contribution < 1.29 is 19.8 Å². The number of carbonyl (C=O) groups is 2. The highest BCUT2D eigenvalue weighted by atomic mass is 16.4. The van der Waals surface area contributed by atoms with Crippen LogP contribution in [0.2, 0.25) is 0 Å². The summed E-state index contributed by atoms with van der Waals surface area (Å²) >= 11 is 0. The lowest BCUT2D eigenvalue weighted by atomic mass is 9.48. The molecule has 0 aliphatic heterocycles. The molecule has 0 amide bonds. The molecule has 1 fully saturated rings. The standard InChI is InChI=1S/C27H50O4/c1-19(17-24(4,5)6)12-15-26(22(28)29)14-10-11-21(3)27(26,23(30)31)16-13-20(2)18-25(7,8)9/h19-21H,10-18H2,1-9H3,(H,28,29)(H,30,31). The van der Waals surface area contributed by atoms with Gasteiger partial charge in [0.05, 0.1) is 10.8 Å². The summed E-state index contributed by atoms with van der Waals surface area (Å²) in [4.78, 5) is 25.8. The Kier molecular flexibility index (Phi) is 9.25. The van der Waals surface area contributed by atoms with Crippen LogP contribution in [0.15, 0.2) is 0 Å². The molecular weight excluding hydrogens is 388 g/mol. The van der Waals surface area contributed by atoms with Crippen LogP contribution < -0.4 is 0 Å². The van der Waals surface area contributed by atoms with Crippen LogP contribution in [-0.4, -0.2) is 22.2 Å². The van der Waals surface area contributed by atoms with Gasteiger partial charge in [-0.2, -0.15) is 0 Å². The largest absolute Gasteiger partial charge is 0.481 e. The summed E-state index contributed by atoms with van der Waals surface area (Å²) in [7, 11) is 0. The molecule has 0 spiro atoms. The van der Waals surface area contributed by atoms with Crippen molar-refractivity contribution in [2.24, 2.45) is 39.4 Å². The Balaban J connectivity index is 3.26. The van der Waals surface area contributed by atoms with E-state index in [4.69, 9.17) is 0 Å². The molecule has 0 bridgehead atoms. The van der Waals surface area contributed by atoms with E-state index in [1.54, 1.807) is 0 Å². The van der Waals surface area contributed by atoms with E-state index in [0.29, 0.717) is 31.1 Å². The SMILES string of the molecule is CC(CCC1(C(=O)O)CCCC(C)C1(CCC(C)CC(C)(C)C)C(=O)O)CC(C)(C)C. The Labute approximate surface area is 191 Å². The minimum atomic E-state index is -1.19. The molecule has 0 aromatic heterocycles. The first-order valence-corrected chi connectivity index (χ1v) is 12.4.